The molecular weight excluding hydrogens is 210 g/mol. The Hall–Kier alpha value is -1.02. The molecule has 0 amide bonds. The lowest BCUT2D eigenvalue weighted by molar-refractivity contribution is 0.394. The van der Waals surface area contributed by atoms with Crippen molar-refractivity contribution >= 4 is 0 Å². The SMILES string of the molecule is CCC(NCCC(C)C)c1ccccc1OC. The summed E-state index contributed by atoms with van der Waals surface area (Å²) in [4.78, 5) is 0. The van der Waals surface area contributed by atoms with Gasteiger partial charge in [-0.25, -0.2) is 0 Å². The first kappa shape index (κ1) is 14.0. The summed E-state index contributed by atoms with van der Waals surface area (Å²) in [5, 5.41) is 3.61. The molecule has 1 aromatic rings. The van der Waals surface area contributed by atoms with E-state index in [1.807, 2.05) is 12.1 Å². The minimum absolute atomic E-state index is 0.393. The van der Waals surface area contributed by atoms with Gasteiger partial charge >= 0.3 is 0 Å². The minimum atomic E-state index is 0.393. The zero-order valence-electron chi connectivity index (χ0n) is 11.5. The monoisotopic (exact) mass is 235 g/mol. The molecule has 2 nitrogen and oxygen atoms in total. The zero-order valence-corrected chi connectivity index (χ0v) is 11.5. The van der Waals surface area contributed by atoms with Crippen LogP contribution < -0.4 is 10.1 Å². The molecular formula is C15H25NO. The normalized spacial score (nSPS) is 12.8. The third-order valence-electron chi connectivity index (χ3n) is 3.04. The van der Waals surface area contributed by atoms with Crippen LogP contribution in [0.2, 0.25) is 0 Å². The van der Waals surface area contributed by atoms with E-state index in [4.69, 9.17) is 4.74 Å². The van der Waals surface area contributed by atoms with Crippen molar-refractivity contribution in [2.75, 3.05) is 13.7 Å². The van der Waals surface area contributed by atoms with E-state index in [2.05, 4.69) is 38.2 Å². The smallest absolute Gasteiger partial charge is 0.123 e. The summed E-state index contributed by atoms with van der Waals surface area (Å²) in [7, 11) is 1.74. The van der Waals surface area contributed by atoms with Crippen LogP contribution in [0, 0.1) is 5.92 Å². The van der Waals surface area contributed by atoms with Gasteiger partial charge in [0.2, 0.25) is 0 Å². The third-order valence-corrected chi connectivity index (χ3v) is 3.04. The number of ether oxygens (including phenoxy) is 1. The van der Waals surface area contributed by atoms with Gasteiger partial charge in [-0.3, -0.25) is 0 Å². The maximum Gasteiger partial charge on any atom is 0.123 e. The van der Waals surface area contributed by atoms with Crippen molar-refractivity contribution in [3.05, 3.63) is 29.8 Å². The molecule has 1 unspecified atom stereocenters. The zero-order chi connectivity index (χ0) is 12.7. The molecule has 1 rings (SSSR count). The molecule has 0 bridgehead atoms. The van der Waals surface area contributed by atoms with E-state index >= 15 is 0 Å². The summed E-state index contributed by atoms with van der Waals surface area (Å²) in [6, 6.07) is 8.66. The molecule has 0 spiro atoms. The van der Waals surface area contributed by atoms with Crippen molar-refractivity contribution in [3.8, 4) is 5.75 Å². The number of nitrogens with one attached hydrogen (secondary N) is 1. The summed E-state index contributed by atoms with van der Waals surface area (Å²) in [5.41, 5.74) is 1.27. The number of hydrogen-bond acceptors (Lipinski definition) is 2. The van der Waals surface area contributed by atoms with E-state index in [1.165, 1.54) is 12.0 Å². The number of hydrogen-bond donors (Lipinski definition) is 1. The van der Waals surface area contributed by atoms with E-state index in [9.17, 15) is 0 Å². The van der Waals surface area contributed by atoms with Gasteiger partial charge in [0.25, 0.3) is 0 Å². The Bertz CT molecular complexity index is 322. The average molecular weight is 235 g/mol. The number of benzene rings is 1. The van der Waals surface area contributed by atoms with Gasteiger partial charge in [0.05, 0.1) is 7.11 Å². The Kier molecular flexibility index (Phi) is 6.06. The lowest BCUT2D eigenvalue weighted by atomic mass is 10.0. The van der Waals surface area contributed by atoms with E-state index in [1.54, 1.807) is 7.11 Å². The van der Waals surface area contributed by atoms with Crippen LogP contribution in [-0.4, -0.2) is 13.7 Å². The summed E-state index contributed by atoms with van der Waals surface area (Å²) in [6.07, 6.45) is 2.30. The molecule has 2 heteroatoms. The maximum absolute atomic E-state index is 5.42. The minimum Gasteiger partial charge on any atom is -0.496 e. The Morgan fingerprint density at radius 2 is 1.94 bits per heavy atom. The Morgan fingerprint density at radius 1 is 1.24 bits per heavy atom. The second kappa shape index (κ2) is 7.33. The first-order valence-corrected chi connectivity index (χ1v) is 6.55. The molecule has 0 aromatic heterocycles. The number of methoxy groups -OCH3 is 1. The summed E-state index contributed by atoms with van der Waals surface area (Å²) in [6.45, 7) is 7.78. The second-order valence-electron chi connectivity index (χ2n) is 4.84. The molecule has 1 aromatic carbocycles. The van der Waals surface area contributed by atoms with Crippen LogP contribution in [-0.2, 0) is 0 Å². The number of rotatable bonds is 7. The topological polar surface area (TPSA) is 21.3 Å². The van der Waals surface area contributed by atoms with Crippen LogP contribution in [0.4, 0.5) is 0 Å². The van der Waals surface area contributed by atoms with Crippen LogP contribution in [0.3, 0.4) is 0 Å². The van der Waals surface area contributed by atoms with Crippen LogP contribution in [0.5, 0.6) is 5.75 Å². The van der Waals surface area contributed by atoms with E-state index in [0.717, 1.165) is 24.6 Å². The first-order valence-electron chi connectivity index (χ1n) is 6.55. The van der Waals surface area contributed by atoms with Crippen LogP contribution in [0.1, 0.15) is 45.2 Å². The molecule has 1 atom stereocenters. The van der Waals surface area contributed by atoms with Crippen LogP contribution in [0.15, 0.2) is 24.3 Å². The predicted octanol–water partition coefficient (Wildman–Crippen LogP) is 3.78. The van der Waals surface area contributed by atoms with Gasteiger partial charge in [-0.1, -0.05) is 39.0 Å². The van der Waals surface area contributed by atoms with Gasteiger partial charge < -0.3 is 10.1 Å². The molecule has 96 valence electrons. The van der Waals surface area contributed by atoms with Gasteiger partial charge in [-0.15, -0.1) is 0 Å². The fourth-order valence-electron chi connectivity index (χ4n) is 1.97. The summed E-state index contributed by atoms with van der Waals surface area (Å²) >= 11 is 0. The van der Waals surface area contributed by atoms with Crippen LogP contribution in [0.25, 0.3) is 0 Å². The molecule has 0 saturated heterocycles. The van der Waals surface area contributed by atoms with Crippen LogP contribution >= 0.6 is 0 Å². The molecule has 17 heavy (non-hydrogen) atoms. The maximum atomic E-state index is 5.42. The fraction of sp³-hybridized carbons (Fsp3) is 0.600. The Labute approximate surface area is 105 Å². The Morgan fingerprint density at radius 3 is 2.53 bits per heavy atom. The highest BCUT2D eigenvalue weighted by Crippen LogP contribution is 2.26. The molecule has 0 radical (unpaired) electrons. The van der Waals surface area contributed by atoms with Gasteiger partial charge in [0.1, 0.15) is 5.75 Å². The molecule has 0 fully saturated rings. The van der Waals surface area contributed by atoms with Gasteiger partial charge in [-0.2, -0.15) is 0 Å². The fourth-order valence-corrected chi connectivity index (χ4v) is 1.97. The van der Waals surface area contributed by atoms with Crippen molar-refractivity contribution in [1.82, 2.24) is 5.32 Å². The Balaban J connectivity index is 2.65. The number of para-hydroxylation sites is 1. The lowest BCUT2D eigenvalue weighted by Gasteiger charge is -2.20. The van der Waals surface area contributed by atoms with Crippen molar-refractivity contribution in [1.29, 1.82) is 0 Å². The highest BCUT2D eigenvalue weighted by atomic mass is 16.5. The van der Waals surface area contributed by atoms with Gasteiger partial charge in [0.15, 0.2) is 0 Å². The quantitative estimate of drug-likeness (QED) is 0.776. The summed E-state index contributed by atoms with van der Waals surface area (Å²) in [5.74, 6) is 1.73. The van der Waals surface area contributed by atoms with E-state index in [-0.39, 0.29) is 0 Å². The molecule has 0 heterocycles. The van der Waals surface area contributed by atoms with Crippen molar-refractivity contribution in [3.63, 3.8) is 0 Å². The molecule has 1 N–H and O–H groups in total. The predicted molar refractivity (Wildman–Crippen MR) is 73.5 cm³/mol. The summed E-state index contributed by atoms with van der Waals surface area (Å²) < 4.78 is 5.42. The van der Waals surface area contributed by atoms with Crippen molar-refractivity contribution in [2.24, 2.45) is 5.92 Å². The second-order valence-corrected chi connectivity index (χ2v) is 4.84. The molecule has 0 aliphatic rings. The molecule has 0 saturated carbocycles. The van der Waals surface area contributed by atoms with E-state index in [0.29, 0.717) is 6.04 Å². The highest BCUT2D eigenvalue weighted by molar-refractivity contribution is 5.35. The highest BCUT2D eigenvalue weighted by Gasteiger charge is 2.12. The van der Waals surface area contributed by atoms with Crippen molar-refractivity contribution in [2.45, 2.75) is 39.7 Å². The standard InChI is InChI=1S/C15H25NO/c1-5-14(16-11-10-12(2)3)13-8-6-7-9-15(13)17-4/h6-9,12,14,16H,5,10-11H2,1-4H3. The molecule has 0 aliphatic heterocycles. The first-order chi connectivity index (χ1) is 8.19. The van der Waals surface area contributed by atoms with E-state index < -0.39 is 0 Å². The van der Waals surface area contributed by atoms with Crippen molar-refractivity contribution < 1.29 is 4.74 Å². The van der Waals surface area contributed by atoms with Gasteiger partial charge in [0, 0.05) is 11.6 Å². The lowest BCUT2D eigenvalue weighted by Crippen LogP contribution is -2.23. The average Bonchev–Trinajstić information content (AvgIpc) is 2.34. The third kappa shape index (κ3) is 4.39. The van der Waals surface area contributed by atoms with Gasteiger partial charge in [-0.05, 0) is 31.4 Å². The molecule has 0 aliphatic carbocycles. The largest absolute Gasteiger partial charge is 0.496 e.